The van der Waals surface area contributed by atoms with E-state index in [9.17, 15) is 16.8 Å². The van der Waals surface area contributed by atoms with Crippen LogP contribution < -0.4 is 11.1 Å². The molecule has 8 heteroatoms. The second-order valence-electron chi connectivity index (χ2n) is 5.54. The molecule has 0 atom stereocenters. The van der Waals surface area contributed by atoms with Crippen LogP contribution in [0.2, 0.25) is 0 Å². The standard InChI is InChI=1S/C12H20N2O4S2/c1-12(2,13)8-14-10-6-5-9(19(3,15)16)7-11(10)20(4,17)18/h5-7,14H,8,13H2,1-4H3. The first kappa shape index (κ1) is 16.9. The number of nitrogens with two attached hydrogens (primary N) is 1. The van der Waals surface area contributed by atoms with E-state index in [2.05, 4.69) is 5.32 Å². The van der Waals surface area contributed by atoms with E-state index in [0.29, 0.717) is 12.2 Å². The summed E-state index contributed by atoms with van der Waals surface area (Å²) < 4.78 is 46.6. The van der Waals surface area contributed by atoms with Crippen molar-refractivity contribution in [2.75, 3.05) is 24.4 Å². The first-order valence-electron chi connectivity index (χ1n) is 5.88. The van der Waals surface area contributed by atoms with Gasteiger partial charge in [0.25, 0.3) is 0 Å². The van der Waals surface area contributed by atoms with Crippen molar-refractivity contribution in [1.82, 2.24) is 0 Å². The molecule has 114 valence electrons. The Kier molecular flexibility index (Phi) is 4.52. The highest BCUT2D eigenvalue weighted by atomic mass is 32.2. The van der Waals surface area contributed by atoms with Gasteiger partial charge in [0, 0.05) is 24.6 Å². The third-order valence-corrected chi connectivity index (χ3v) is 4.76. The minimum Gasteiger partial charge on any atom is -0.382 e. The van der Waals surface area contributed by atoms with Crippen molar-refractivity contribution in [2.24, 2.45) is 5.73 Å². The minimum atomic E-state index is -3.55. The summed E-state index contributed by atoms with van der Waals surface area (Å²) in [7, 11) is -7.01. The predicted octanol–water partition coefficient (Wildman–Crippen LogP) is 0.643. The minimum absolute atomic E-state index is 0.0320. The highest BCUT2D eigenvalue weighted by Gasteiger charge is 2.19. The van der Waals surface area contributed by atoms with Crippen molar-refractivity contribution in [3.05, 3.63) is 18.2 Å². The maximum atomic E-state index is 11.8. The summed E-state index contributed by atoms with van der Waals surface area (Å²) in [4.78, 5) is -0.0832. The number of hydrogen-bond donors (Lipinski definition) is 2. The molecule has 1 aromatic carbocycles. The van der Waals surface area contributed by atoms with Crippen LogP contribution in [0.1, 0.15) is 13.8 Å². The first-order chi connectivity index (χ1) is 8.81. The number of rotatable bonds is 5. The second kappa shape index (κ2) is 5.34. The molecule has 0 saturated heterocycles. The van der Waals surface area contributed by atoms with E-state index >= 15 is 0 Å². The smallest absolute Gasteiger partial charge is 0.177 e. The van der Waals surface area contributed by atoms with Crippen LogP contribution in [0.25, 0.3) is 0 Å². The third-order valence-electron chi connectivity index (χ3n) is 2.52. The summed E-state index contributed by atoms with van der Waals surface area (Å²) in [6.07, 6.45) is 2.07. The van der Waals surface area contributed by atoms with Crippen molar-refractivity contribution >= 4 is 25.4 Å². The van der Waals surface area contributed by atoms with E-state index in [0.717, 1.165) is 18.6 Å². The van der Waals surface area contributed by atoms with Crippen LogP contribution in [0.5, 0.6) is 0 Å². The van der Waals surface area contributed by atoms with Gasteiger partial charge in [0.05, 0.1) is 15.5 Å². The lowest BCUT2D eigenvalue weighted by molar-refractivity contribution is 0.548. The maximum Gasteiger partial charge on any atom is 0.177 e. The van der Waals surface area contributed by atoms with Crippen LogP contribution in [-0.4, -0.2) is 41.4 Å². The van der Waals surface area contributed by atoms with Crippen LogP contribution >= 0.6 is 0 Å². The largest absolute Gasteiger partial charge is 0.382 e. The Morgan fingerprint density at radius 1 is 1.10 bits per heavy atom. The van der Waals surface area contributed by atoms with E-state index in [1.54, 1.807) is 13.8 Å². The molecule has 0 aliphatic heterocycles. The molecule has 0 spiro atoms. The molecule has 1 rings (SSSR count). The average Bonchev–Trinajstić information content (AvgIpc) is 2.22. The predicted molar refractivity (Wildman–Crippen MR) is 79.4 cm³/mol. The Bertz CT molecular complexity index is 701. The highest BCUT2D eigenvalue weighted by Crippen LogP contribution is 2.25. The molecular weight excluding hydrogens is 300 g/mol. The third kappa shape index (κ3) is 4.77. The zero-order valence-corrected chi connectivity index (χ0v) is 13.6. The second-order valence-corrected chi connectivity index (χ2v) is 9.54. The Morgan fingerprint density at radius 3 is 2.05 bits per heavy atom. The summed E-state index contributed by atoms with van der Waals surface area (Å²) in [6.45, 7) is 3.95. The molecule has 0 aliphatic rings. The topological polar surface area (TPSA) is 106 Å². The van der Waals surface area contributed by atoms with Crippen molar-refractivity contribution in [2.45, 2.75) is 29.2 Å². The fraction of sp³-hybridized carbons (Fsp3) is 0.500. The molecule has 0 radical (unpaired) electrons. The summed E-state index contributed by atoms with van der Waals surface area (Å²) in [5.41, 5.74) is 5.66. The SMILES string of the molecule is CC(C)(N)CNc1ccc(S(C)(=O)=O)cc1S(C)(=O)=O. The van der Waals surface area contributed by atoms with Gasteiger partial charge in [0.15, 0.2) is 19.7 Å². The molecule has 6 nitrogen and oxygen atoms in total. The zero-order valence-electron chi connectivity index (χ0n) is 12.0. The van der Waals surface area contributed by atoms with Crippen LogP contribution in [0.4, 0.5) is 5.69 Å². The fourth-order valence-corrected chi connectivity index (χ4v) is 3.11. The van der Waals surface area contributed by atoms with Crippen LogP contribution in [-0.2, 0) is 19.7 Å². The van der Waals surface area contributed by atoms with E-state index in [-0.39, 0.29) is 9.79 Å². The van der Waals surface area contributed by atoms with Crippen LogP contribution in [0.3, 0.4) is 0 Å². The van der Waals surface area contributed by atoms with Crippen molar-refractivity contribution in [1.29, 1.82) is 0 Å². The number of benzene rings is 1. The molecule has 0 aromatic heterocycles. The lowest BCUT2D eigenvalue weighted by Gasteiger charge is -2.21. The summed E-state index contributed by atoms with van der Waals surface area (Å²) in [5.74, 6) is 0. The fourth-order valence-electron chi connectivity index (χ4n) is 1.51. The van der Waals surface area contributed by atoms with Gasteiger partial charge in [0.1, 0.15) is 0 Å². The number of hydrogen-bond acceptors (Lipinski definition) is 6. The van der Waals surface area contributed by atoms with Gasteiger partial charge >= 0.3 is 0 Å². The van der Waals surface area contributed by atoms with Gasteiger partial charge in [-0.3, -0.25) is 0 Å². The van der Waals surface area contributed by atoms with Crippen molar-refractivity contribution in [3.8, 4) is 0 Å². The Balaban J connectivity index is 3.33. The normalized spacial score (nSPS) is 13.2. The number of nitrogens with one attached hydrogen (secondary N) is 1. The van der Waals surface area contributed by atoms with Gasteiger partial charge in [-0.15, -0.1) is 0 Å². The summed E-state index contributed by atoms with van der Waals surface area (Å²) >= 11 is 0. The number of sulfone groups is 2. The Labute approximate surface area is 120 Å². The average molecular weight is 320 g/mol. The summed E-state index contributed by atoms with van der Waals surface area (Å²) in [5, 5.41) is 2.94. The molecule has 0 bridgehead atoms. The van der Waals surface area contributed by atoms with E-state index < -0.39 is 25.2 Å². The lowest BCUT2D eigenvalue weighted by atomic mass is 10.1. The highest BCUT2D eigenvalue weighted by molar-refractivity contribution is 7.91. The first-order valence-corrected chi connectivity index (χ1v) is 9.66. The monoisotopic (exact) mass is 320 g/mol. The van der Waals surface area contributed by atoms with E-state index in [4.69, 9.17) is 5.73 Å². The van der Waals surface area contributed by atoms with E-state index in [1.165, 1.54) is 12.1 Å². The molecule has 0 fully saturated rings. The van der Waals surface area contributed by atoms with Crippen molar-refractivity contribution < 1.29 is 16.8 Å². The molecule has 1 aromatic rings. The summed E-state index contributed by atoms with van der Waals surface area (Å²) in [6, 6.07) is 3.98. The lowest BCUT2D eigenvalue weighted by Crippen LogP contribution is -2.39. The quantitative estimate of drug-likeness (QED) is 0.825. The molecule has 0 heterocycles. The Morgan fingerprint density at radius 2 is 1.65 bits per heavy atom. The molecule has 3 N–H and O–H groups in total. The molecular formula is C12H20N2O4S2. The van der Waals surface area contributed by atoms with Gasteiger partial charge in [-0.05, 0) is 32.0 Å². The van der Waals surface area contributed by atoms with Crippen molar-refractivity contribution in [3.63, 3.8) is 0 Å². The van der Waals surface area contributed by atoms with Gasteiger partial charge in [-0.1, -0.05) is 0 Å². The Hall–Kier alpha value is -1.12. The zero-order chi connectivity index (χ0) is 15.8. The maximum absolute atomic E-state index is 11.8. The van der Waals surface area contributed by atoms with Crippen LogP contribution in [0, 0.1) is 0 Å². The number of anilines is 1. The van der Waals surface area contributed by atoms with Crippen LogP contribution in [0.15, 0.2) is 28.0 Å². The molecule has 20 heavy (non-hydrogen) atoms. The van der Waals surface area contributed by atoms with E-state index in [1.807, 2.05) is 0 Å². The molecule has 0 saturated carbocycles. The van der Waals surface area contributed by atoms with Gasteiger partial charge < -0.3 is 11.1 Å². The molecule has 0 amide bonds. The van der Waals surface area contributed by atoms with Gasteiger partial charge in [-0.25, -0.2) is 16.8 Å². The molecule has 0 unspecified atom stereocenters. The van der Waals surface area contributed by atoms with Gasteiger partial charge in [0.2, 0.25) is 0 Å². The molecule has 0 aliphatic carbocycles. The van der Waals surface area contributed by atoms with Gasteiger partial charge in [-0.2, -0.15) is 0 Å².